The molecule has 1 atom stereocenters. The van der Waals surface area contributed by atoms with Crippen molar-refractivity contribution in [3.63, 3.8) is 0 Å². The van der Waals surface area contributed by atoms with Crippen LogP contribution in [0, 0.1) is 0 Å². The maximum atomic E-state index is 5.89. The van der Waals surface area contributed by atoms with E-state index >= 15 is 0 Å². The molecule has 3 rings (SSSR count). The quantitative estimate of drug-likeness (QED) is 0.769. The summed E-state index contributed by atoms with van der Waals surface area (Å²) in [6, 6.07) is 18.4. The van der Waals surface area contributed by atoms with E-state index in [0.717, 1.165) is 11.4 Å². The molecule has 0 saturated carbocycles. The topological polar surface area (TPSA) is 48.1 Å². The van der Waals surface area contributed by atoms with Gasteiger partial charge in [-0.25, -0.2) is 4.98 Å². The van der Waals surface area contributed by atoms with Crippen LogP contribution in [0.4, 0.5) is 5.13 Å². The van der Waals surface area contributed by atoms with Crippen LogP contribution in [-0.2, 0) is 0 Å². The maximum absolute atomic E-state index is 5.89. The average molecular weight is 296 g/mol. The Kier molecular flexibility index (Phi) is 3.88. The van der Waals surface area contributed by atoms with Crippen molar-refractivity contribution < 1.29 is 4.74 Å². The van der Waals surface area contributed by atoms with Gasteiger partial charge in [-0.3, -0.25) is 0 Å². The third kappa shape index (κ3) is 3.23. The number of nitrogens with two attached hydrogens (primary N) is 1. The summed E-state index contributed by atoms with van der Waals surface area (Å²) in [5, 5.41) is 2.50. The Balaban J connectivity index is 1.73. The largest absolute Gasteiger partial charge is 0.484 e. The molecule has 0 spiro atoms. The molecule has 2 aromatic carbocycles. The molecule has 0 amide bonds. The minimum atomic E-state index is -0.110. The number of nitrogens with zero attached hydrogens (tertiary/aromatic N) is 1. The van der Waals surface area contributed by atoms with Gasteiger partial charge in [0, 0.05) is 5.38 Å². The second kappa shape index (κ2) is 5.97. The van der Waals surface area contributed by atoms with E-state index in [4.69, 9.17) is 10.5 Å². The lowest BCUT2D eigenvalue weighted by molar-refractivity contribution is 0.223. The van der Waals surface area contributed by atoms with Gasteiger partial charge >= 0.3 is 0 Å². The molecule has 0 aliphatic rings. The van der Waals surface area contributed by atoms with Gasteiger partial charge in [0.25, 0.3) is 0 Å². The number of hydrogen-bond donors (Lipinski definition) is 1. The summed E-state index contributed by atoms with van der Waals surface area (Å²) in [7, 11) is 0. The van der Waals surface area contributed by atoms with Crippen LogP contribution in [0.2, 0.25) is 0 Å². The number of benzene rings is 2. The Labute approximate surface area is 128 Å². The first-order valence-corrected chi connectivity index (χ1v) is 7.63. The number of thiazole rings is 1. The Bertz CT molecular complexity index is 707. The van der Waals surface area contributed by atoms with Gasteiger partial charge in [0.05, 0.1) is 5.69 Å². The molecule has 3 nitrogen and oxygen atoms in total. The number of rotatable bonds is 4. The van der Waals surface area contributed by atoms with Crippen molar-refractivity contribution in [3.8, 4) is 16.9 Å². The molecule has 1 heterocycles. The number of ether oxygens (including phenoxy) is 1. The van der Waals surface area contributed by atoms with Crippen molar-refractivity contribution in [2.45, 2.75) is 13.0 Å². The first-order valence-electron chi connectivity index (χ1n) is 6.75. The molecule has 2 N–H and O–H groups in total. The van der Waals surface area contributed by atoms with E-state index < -0.39 is 0 Å². The van der Waals surface area contributed by atoms with E-state index in [2.05, 4.69) is 29.2 Å². The van der Waals surface area contributed by atoms with Crippen LogP contribution in [0.3, 0.4) is 0 Å². The van der Waals surface area contributed by atoms with Gasteiger partial charge < -0.3 is 10.5 Å². The number of nitrogen functional groups attached to an aromatic ring is 1. The smallest absolute Gasteiger partial charge is 0.180 e. The average Bonchev–Trinajstić information content (AvgIpc) is 2.96. The van der Waals surface area contributed by atoms with Crippen LogP contribution in [-0.4, -0.2) is 4.98 Å². The lowest BCUT2D eigenvalue weighted by atomic mass is 10.1. The minimum absolute atomic E-state index is 0.110. The van der Waals surface area contributed by atoms with Crippen molar-refractivity contribution in [1.29, 1.82) is 0 Å². The lowest BCUT2D eigenvalue weighted by Crippen LogP contribution is -2.03. The highest BCUT2D eigenvalue weighted by molar-refractivity contribution is 7.13. The minimum Gasteiger partial charge on any atom is -0.484 e. The number of anilines is 1. The monoisotopic (exact) mass is 296 g/mol. The number of hydrogen-bond acceptors (Lipinski definition) is 4. The van der Waals surface area contributed by atoms with E-state index in [1.54, 1.807) is 0 Å². The van der Waals surface area contributed by atoms with Crippen molar-refractivity contribution in [1.82, 2.24) is 4.98 Å². The fourth-order valence-corrected chi connectivity index (χ4v) is 2.75. The molecular formula is C17H16N2OS. The Hall–Kier alpha value is -2.33. The van der Waals surface area contributed by atoms with E-state index in [1.807, 2.05) is 42.6 Å². The first-order chi connectivity index (χ1) is 10.2. The van der Waals surface area contributed by atoms with Crippen molar-refractivity contribution in [2.75, 3.05) is 5.73 Å². The zero-order valence-electron chi connectivity index (χ0n) is 11.7. The summed E-state index contributed by atoms with van der Waals surface area (Å²) in [4.78, 5) is 4.24. The summed E-state index contributed by atoms with van der Waals surface area (Å²) in [5.74, 6) is 0.828. The van der Waals surface area contributed by atoms with Crippen LogP contribution < -0.4 is 10.5 Å². The fraction of sp³-hybridized carbons (Fsp3) is 0.118. The molecule has 0 bridgehead atoms. The lowest BCUT2D eigenvalue weighted by Gasteiger charge is -2.13. The van der Waals surface area contributed by atoms with E-state index in [0.29, 0.717) is 5.13 Å². The molecule has 0 saturated heterocycles. The van der Waals surface area contributed by atoms with Crippen LogP contribution >= 0.6 is 11.3 Å². The first kappa shape index (κ1) is 13.6. The molecule has 0 aliphatic heterocycles. The molecule has 4 heteroatoms. The Morgan fingerprint density at radius 2 is 1.67 bits per heavy atom. The summed E-state index contributed by atoms with van der Waals surface area (Å²) < 4.78 is 5.89. The standard InChI is InChI=1S/C17H16N2OS/c1-12(16-11-21-17(18)19-16)20-15-9-7-14(8-10-15)13-5-3-2-4-6-13/h2-12H,1H3,(H2,18,19). The predicted molar refractivity (Wildman–Crippen MR) is 87.4 cm³/mol. The van der Waals surface area contributed by atoms with Crippen LogP contribution in [0.25, 0.3) is 11.1 Å². The van der Waals surface area contributed by atoms with Gasteiger partial charge in [-0.15, -0.1) is 11.3 Å². The van der Waals surface area contributed by atoms with Crippen molar-refractivity contribution in [2.24, 2.45) is 0 Å². The van der Waals surface area contributed by atoms with E-state index in [9.17, 15) is 0 Å². The fourth-order valence-electron chi connectivity index (χ4n) is 2.11. The molecule has 0 fully saturated rings. The zero-order valence-corrected chi connectivity index (χ0v) is 12.5. The SMILES string of the molecule is CC(Oc1ccc(-c2ccccc2)cc1)c1csc(N)n1. The van der Waals surface area contributed by atoms with Crippen molar-refractivity contribution in [3.05, 3.63) is 65.7 Å². The molecule has 1 unspecified atom stereocenters. The molecule has 1 aromatic heterocycles. The summed E-state index contributed by atoms with van der Waals surface area (Å²) in [6.45, 7) is 1.97. The normalized spacial score (nSPS) is 12.0. The number of aromatic nitrogens is 1. The third-order valence-electron chi connectivity index (χ3n) is 3.23. The molecule has 3 aromatic rings. The van der Waals surface area contributed by atoms with Crippen LogP contribution in [0.15, 0.2) is 60.0 Å². The van der Waals surface area contributed by atoms with Crippen LogP contribution in [0.5, 0.6) is 5.75 Å². The van der Waals surface area contributed by atoms with Gasteiger partial charge in [0.15, 0.2) is 5.13 Å². The molecule has 0 radical (unpaired) electrons. The predicted octanol–water partition coefficient (Wildman–Crippen LogP) is 4.53. The van der Waals surface area contributed by atoms with Gasteiger partial charge in [-0.1, -0.05) is 42.5 Å². The molecule has 106 valence electrons. The van der Waals surface area contributed by atoms with Crippen molar-refractivity contribution >= 4 is 16.5 Å². The summed E-state index contributed by atoms with van der Waals surface area (Å²) >= 11 is 1.43. The second-order valence-corrected chi connectivity index (χ2v) is 5.65. The van der Waals surface area contributed by atoms with Gasteiger partial charge in [-0.05, 0) is 30.2 Å². The van der Waals surface area contributed by atoms with Gasteiger partial charge in [0.1, 0.15) is 11.9 Å². The Morgan fingerprint density at radius 1 is 1.00 bits per heavy atom. The zero-order chi connectivity index (χ0) is 14.7. The third-order valence-corrected chi connectivity index (χ3v) is 3.92. The summed E-state index contributed by atoms with van der Waals surface area (Å²) in [5.41, 5.74) is 8.88. The highest BCUT2D eigenvalue weighted by Gasteiger charge is 2.10. The second-order valence-electron chi connectivity index (χ2n) is 4.76. The summed E-state index contributed by atoms with van der Waals surface area (Å²) in [6.07, 6.45) is -0.110. The molecular weight excluding hydrogens is 280 g/mol. The van der Waals surface area contributed by atoms with E-state index in [-0.39, 0.29) is 6.10 Å². The van der Waals surface area contributed by atoms with Gasteiger partial charge in [-0.2, -0.15) is 0 Å². The molecule has 21 heavy (non-hydrogen) atoms. The van der Waals surface area contributed by atoms with E-state index in [1.165, 1.54) is 22.5 Å². The highest BCUT2D eigenvalue weighted by atomic mass is 32.1. The Morgan fingerprint density at radius 3 is 2.29 bits per heavy atom. The highest BCUT2D eigenvalue weighted by Crippen LogP contribution is 2.26. The van der Waals surface area contributed by atoms with Crippen LogP contribution in [0.1, 0.15) is 18.7 Å². The van der Waals surface area contributed by atoms with Gasteiger partial charge in [0.2, 0.25) is 0 Å². The maximum Gasteiger partial charge on any atom is 0.180 e. The molecule has 0 aliphatic carbocycles.